The van der Waals surface area contributed by atoms with Gasteiger partial charge in [0.05, 0.1) is 17.0 Å². The first-order valence-corrected chi connectivity index (χ1v) is 7.57. The average molecular weight is 292 g/mol. The Bertz CT molecular complexity index is 672. The second kappa shape index (κ2) is 5.18. The predicted molar refractivity (Wildman–Crippen MR) is 75.1 cm³/mol. The molecule has 3 rings (SSSR count). The molecule has 0 bridgehead atoms. The van der Waals surface area contributed by atoms with Crippen molar-refractivity contribution in [1.82, 2.24) is 19.7 Å². The lowest BCUT2D eigenvalue weighted by atomic mass is 10.4. The van der Waals surface area contributed by atoms with Gasteiger partial charge in [-0.1, -0.05) is 11.8 Å². The average Bonchev–Trinajstić information content (AvgIpc) is 3.09. The van der Waals surface area contributed by atoms with E-state index in [1.165, 1.54) is 0 Å². The lowest BCUT2D eigenvalue weighted by Gasteiger charge is -2.00. The molecular formula is C12H12N4OS2. The van der Waals surface area contributed by atoms with E-state index in [1.54, 1.807) is 29.4 Å². The van der Waals surface area contributed by atoms with Gasteiger partial charge in [0.2, 0.25) is 0 Å². The van der Waals surface area contributed by atoms with Crippen molar-refractivity contribution in [2.75, 3.05) is 0 Å². The monoisotopic (exact) mass is 292 g/mol. The third-order valence-electron chi connectivity index (χ3n) is 2.59. The van der Waals surface area contributed by atoms with Crippen LogP contribution in [0, 0.1) is 6.92 Å². The summed E-state index contributed by atoms with van der Waals surface area (Å²) in [6.07, 6.45) is 1.63. The Morgan fingerprint density at radius 3 is 3.00 bits per heavy atom. The molecule has 0 aliphatic rings. The molecule has 0 saturated heterocycles. The molecule has 0 radical (unpaired) electrons. The van der Waals surface area contributed by atoms with Crippen LogP contribution in [0.4, 0.5) is 0 Å². The van der Waals surface area contributed by atoms with Gasteiger partial charge in [-0.05, 0) is 19.1 Å². The summed E-state index contributed by atoms with van der Waals surface area (Å²) in [6.45, 7) is 2.01. The minimum atomic E-state index is 0.728. The molecule has 0 amide bonds. The van der Waals surface area contributed by atoms with E-state index in [2.05, 4.69) is 20.6 Å². The maximum absolute atomic E-state index is 5.34. The number of aromatic nitrogens is 4. The lowest BCUT2D eigenvalue weighted by molar-refractivity contribution is 0.572. The third kappa shape index (κ3) is 2.57. The maximum Gasteiger partial charge on any atom is 0.200 e. The van der Waals surface area contributed by atoms with Gasteiger partial charge in [0, 0.05) is 18.2 Å². The number of furan rings is 1. The van der Waals surface area contributed by atoms with Crippen LogP contribution in [0.1, 0.15) is 10.7 Å². The summed E-state index contributed by atoms with van der Waals surface area (Å²) >= 11 is 3.29. The molecule has 0 aliphatic heterocycles. The molecule has 0 spiro atoms. The zero-order chi connectivity index (χ0) is 13.2. The fraction of sp³-hybridized carbons (Fsp3) is 0.250. The van der Waals surface area contributed by atoms with Crippen molar-refractivity contribution in [3.8, 4) is 11.6 Å². The lowest BCUT2D eigenvalue weighted by Crippen LogP contribution is -1.94. The molecule has 0 aromatic carbocycles. The first-order valence-electron chi connectivity index (χ1n) is 5.71. The van der Waals surface area contributed by atoms with Crippen molar-refractivity contribution in [3.05, 3.63) is 34.5 Å². The van der Waals surface area contributed by atoms with Crippen molar-refractivity contribution >= 4 is 23.1 Å². The highest BCUT2D eigenvalue weighted by molar-refractivity contribution is 7.98. The van der Waals surface area contributed by atoms with E-state index < -0.39 is 0 Å². The molecule has 0 atom stereocenters. The van der Waals surface area contributed by atoms with Crippen molar-refractivity contribution < 1.29 is 4.42 Å². The second-order valence-corrected chi connectivity index (χ2v) is 5.99. The van der Waals surface area contributed by atoms with Crippen LogP contribution in [-0.4, -0.2) is 19.7 Å². The molecule has 0 fully saturated rings. The topological polar surface area (TPSA) is 56.7 Å². The van der Waals surface area contributed by atoms with E-state index in [9.17, 15) is 0 Å². The van der Waals surface area contributed by atoms with Crippen molar-refractivity contribution in [3.63, 3.8) is 0 Å². The summed E-state index contributed by atoms with van der Waals surface area (Å²) in [7, 11) is 1.94. The number of thiazole rings is 1. The molecule has 7 heteroatoms. The van der Waals surface area contributed by atoms with Gasteiger partial charge >= 0.3 is 0 Å². The summed E-state index contributed by atoms with van der Waals surface area (Å²) in [6, 6.07) is 3.72. The number of hydrogen-bond donors (Lipinski definition) is 0. The minimum Gasteiger partial charge on any atom is -0.461 e. The smallest absolute Gasteiger partial charge is 0.200 e. The molecular weight excluding hydrogens is 280 g/mol. The van der Waals surface area contributed by atoms with Crippen LogP contribution in [0.5, 0.6) is 0 Å². The number of aryl methyl sites for hydroxylation is 1. The first-order chi connectivity index (χ1) is 9.24. The van der Waals surface area contributed by atoms with Gasteiger partial charge in [-0.15, -0.1) is 21.5 Å². The van der Waals surface area contributed by atoms with E-state index >= 15 is 0 Å². The van der Waals surface area contributed by atoms with E-state index in [0.717, 1.165) is 33.2 Å². The van der Waals surface area contributed by atoms with Crippen molar-refractivity contribution in [1.29, 1.82) is 0 Å². The molecule has 5 nitrogen and oxygen atoms in total. The summed E-state index contributed by atoms with van der Waals surface area (Å²) in [5.74, 6) is 2.27. The van der Waals surface area contributed by atoms with E-state index in [-0.39, 0.29) is 0 Å². The van der Waals surface area contributed by atoms with Gasteiger partial charge in [-0.2, -0.15) is 0 Å². The van der Waals surface area contributed by atoms with Crippen LogP contribution >= 0.6 is 23.1 Å². The Balaban J connectivity index is 1.75. The standard InChI is InChI=1S/C12H12N4OS2/c1-8-13-9(6-18-8)7-19-12-15-14-11(16(12)2)10-4-3-5-17-10/h3-6H,7H2,1-2H3. The Hall–Kier alpha value is -1.60. The SMILES string of the molecule is Cc1nc(CSc2nnc(-c3ccco3)n2C)cs1. The Morgan fingerprint density at radius 1 is 1.42 bits per heavy atom. The number of rotatable bonds is 4. The molecule has 0 N–H and O–H groups in total. The number of hydrogen-bond acceptors (Lipinski definition) is 6. The Labute approximate surface area is 118 Å². The van der Waals surface area contributed by atoms with Crippen molar-refractivity contribution in [2.24, 2.45) is 7.05 Å². The first kappa shape index (κ1) is 12.4. The Morgan fingerprint density at radius 2 is 2.32 bits per heavy atom. The summed E-state index contributed by atoms with van der Waals surface area (Å²) in [4.78, 5) is 4.43. The van der Waals surface area contributed by atoms with Gasteiger partial charge in [0.25, 0.3) is 0 Å². The largest absolute Gasteiger partial charge is 0.461 e. The highest BCUT2D eigenvalue weighted by Crippen LogP contribution is 2.25. The zero-order valence-corrected chi connectivity index (χ0v) is 12.2. The fourth-order valence-electron chi connectivity index (χ4n) is 1.67. The molecule has 0 unspecified atom stereocenters. The molecule has 3 aromatic heterocycles. The van der Waals surface area contributed by atoms with Crippen LogP contribution in [-0.2, 0) is 12.8 Å². The van der Waals surface area contributed by atoms with Crippen LogP contribution in [0.25, 0.3) is 11.6 Å². The fourth-order valence-corrected chi connectivity index (χ4v) is 3.20. The second-order valence-electron chi connectivity index (χ2n) is 3.99. The van der Waals surface area contributed by atoms with Gasteiger partial charge in [0.15, 0.2) is 16.7 Å². The number of nitrogens with zero attached hydrogens (tertiary/aromatic N) is 4. The van der Waals surface area contributed by atoms with Gasteiger partial charge < -0.3 is 8.98 Å². The quantitative estimate of drug-likeness (QED) is 0.691. The number of thioether (sulfide) groups is 1. The zero-order valence-electron chi connectivity index (χ0n) is 10.5. The maximum atomic E-state index is 5.34. The highest BCUT2D eigenvalue weighted by atomic mass is 32.2. The summed E-state index contributed by atoms with van der Waals surface area (Å²) < 4.78 is 7.27. The molecule has 3 aromatic rings. The van der Waals surface area contributed by atoms with Crippen LogP contribution in [0.15, 0.2) is 33.3 Å². The van der Waals surface area contributed by atoms with E-state index in [0.29, 0.717) is 0 Å². The van der Waals surface area contributed by atoms with Crippen LogP contribution in [0.2, 0.25) is 0 Å². The van der Waals surface area contributed by atoms with Gasteiger partial charge in [-0.25, -0.2) is 4.98 Å². The predicted octanol–water partition coefficient (Wildman–Crippen LogP) is 3.13. The molecule has 98 valence electrons. The van der Waals surface area contributed by atoms with Gasteiger partial charge in [-0.3, -0.25) is 0 Å². The van der Waals surface area contributed by atoms with E-state index in [4.69, 9.17) is 4.42 Å². The van der Waals surface area contributed by atoms with Gasteiger partial charge in [0.1, 0.15) is 0 Å². The molecule has 3 heterocycles. The minimum absolute atomic E-state index is 0.728. The summed E-state index contributed by atoms with van der Waals surface area (Å²) in [5.41, 5.74) is 1.08. The van der Waals surface area contributed by atoms with E-state index in [1.807, 2.05) is 30.7 Å². The molecule has 0 saturated carbocycles. The third-order valence-corrected chi connectivity index (χ3v) is 4.47. The van der Waals surface area contributed by atoms with Crippen molar-refractivity contribution in [2.45, 2.75) is 17.8 Å². The highest BCUT2D eigenvalue weighted by Gasteiger charge is 2.13. The van der Waals surface area contributed by atoms with Crippen LogP contribution < -0.4 is 0 Å². The molecule has 19 heavy (non-hydrogen) atoms. The Kier molecular flexibility index (Phi) is 3.39. The normalized spacial score (nSPS) is 11.1. The summed E-state index contributed by atoms with van der Waals surface area (Å²) in [5, 5.41) is 12.4. The molecule has 0 aliphatic carbocycles. The van der Waals surface area contributed by atoms with Crippen LogP contribution in [0.3, 0.4) is 0 Å².